The van der Waals surface area contributed by atoms with Gasteiger partial charge < -0.3 is 18.7 Å². The number of hydrogen-bond donors (Lipinski definition) is 1. The van der Waals surface area contributed by atoms with Gasteiger partial charge in [-0.1, -0.05) is 101 Å². The van der Waals surface area contributed by atoms with Crippen molar-refractivity contribution in [1.29, 1.82) is 0 Å². The Morgan fingerprint density at radius 2 is 1.22 bits per heavy atom. The maximum absolute atomic E-state index is 9.68. The van der Waals surface area contributed by atoms with E-state index in [1.807, 2.05) is 12.1 Å². The van der Waals surface area contributed by atoms with Gasteiger partial charge in [0.15, 0.2) is 0 Å². The van der Waals surface area contributed by atoms with Crippen LogP contribution in [0.3, 0.4) is 0 Å². The van der Waals surface area contributed by atoms with Gasteiger partial charge in [-0.15, -0.1) is 0 Å². The van der Waals surface area contributed by atoms with Crippen LogP contribution in [0.5, 0.6) is 0 Å². The van der Waals surface area contributed by atoms with Gasteiger partial charge in [-0.3, -0.25) is 0 Å². The van der Waals surface area contributed by atoms with Crippen LogP contribution in [0.25, 0.3) is 0 Å². The van der Waals surface area contributed by atoms with Gasteiger partial charge in [0.2, 0.25) is 0 Å². The predicted molar refractivity (Wildman–Crippen MR) is 156 cm³/mol. The lowest BCUT2D eigenvalue weighted by Gasteiger charge is -2.11. The van der Waals surface area contributed by atoms with Crippen molar-refractivity contribution in [3.8, 4) is 0 Å². The number of benzene rings is 1. The number of unbranched alkanes of at least 4 members (excludes halogenated alkanes) is 13. The fraction of sp³-hybridized carbons (Fsp3) is 0.733. The largest absolute Gasteiger partial charge is 0.379 e. The first-order chi connectivity index (χ1) is 17.7. The Kier molecular flexibility index (Phi) is 24.4. The minimum atomic E-state index is -1.75. The molecule has 1 aromatic rings. The third kappa shape index (κ3) is 22.7. The fourth-order valence-electron chi connectivity index (χ4n) is 3.96. The van der Waals surface area contributed by atoms with Gasteiger partial charge >= 0.3 is 8.60 Å². The first-order valence-corrected chi connectivity index (χ1v) is 15.9. The zero-order chi connectivity index (χ0) is 25.9. The van der Waals surface area contributed by atoms with Crippen molar-refractivity contribution in [2.75, 3.05) is 26.4 Å². The molecule has 0 amide bonds. The predicted octanol–water partition coefficient (Wildman–Crippen LogP) is 9.97. The van der Waals surface area contributed by atoms with Crippen molar-refractivity contribution < 1.29 is 18.7 Å². The molecular formula is C30H52ClO4P. The van der Waals surface area contributed by atoms with Crippen molar-refractivity contribution in [3.63, 3.8) is 0 Å². The second kappa shape index (κ2) is 26.1. The fourth-order valence-corrected chi connectivity index (χ4v) is 4.68. The summed E-state index contributed by atoms with van der Waals surface area (Å²) in [7, 11) is -1.75. The van der Waals surface area contributed by atoms with E-state index in [0.717, 1.165) is 37.3 Å². The van der Waals surface area contributed by atoms with E-state index in [4.69, 9.17) is 25.4 Å². The maximum atomic E-state index is 9.68. The summed E-state index contributed by atoms with van der Waals surface area (Å²) in [6, 6.07) is 8.26. The molecule has 0 fully saturated rings. The molecule has 1 atom stereocenters. The highest BCUT2D eigenvalue weighted by Gasteiger charge is 2.05. The third-order valence-corrected chi connectivity index (χ3v) is 7.26. The molecule has 0 saturated heterocycles. The molecule has 0 saturated carbocycles. The minimum absolute atomic E-state index is 0.396. The van der Waals surface area contributed by atoms with Gasteiger partial charge in [0, 0.05) is 11.6 Å². The average molecular weight is 543 g/mol. The Labute approximate surface area is 228 Å². The van der Waals surface area contributed by atoms with Gasteiger partial charge in [-0.05, 0) is 69.1 Å². The summed E-state index contributed by atoms with van der Waals surface area (Å²) in [4.78, 5) is 9.68. The average Bonchev–Trinajstić information content (AvgIpc) is 2.88. The number of allylic oxidation sites excluding steroid dienone is 2. The van der Waals surface area contributed by atoms with E-state index < -0.39 is 8.60 Å². The maximum Gasteiger partial charge on any atom is 0.329 e. The molecule has 0 radical (unpaired) electrons. The van der Waals surface area contributed by atoms with Gasteiger partial charge in [-0.2, -0.15) is 0 Å². The molecule has 0 aliphatic carbocycles. The zero-order valence-electron chi connectivity index (χ0n) is 22.8. The van der Waals surface area contributed by atoms with E-state index in [0.29, 0.717) is 19.8 Å². The highest BCUT2D eigenvalue weighted by molar-refractivity contribution is 7.40. The summed E-state index contributed by atoms with van der Waals surface area (Å²) in [5.41, 5.74) is 1.40. The van der Waals surface area contributed by atoms with Gasteiger partial charge in [0.1, 0.15) is 0 Å². The molecule has 0 spiro atoms. The lowest BCUT2D eigenvalue weighted by molar-refractivity contribution is 0.0878. The minimum Gasteiger partial charge on any atom is -0.379 e. The molecule has 1 unspecified atom stereocenters. The van der Waals surface area contributed by atoms with E-state index in [2.05, 4.69) is 31.2 Å². The molecule has 1 aromatic carbocycles. The molecule has 0 bridgehead atoms. The van der Waals surface area contributed by atoms with E-state index in [1.54, 1.807) is 0 Å². The van der Waals surface area contributed by atoms with Crippen LogP contribution < -0.4 is 0 Å². The highest BCUT2D eigenvalue weighted by Crippen LogP contribution is 2.32. The summed E-state index contributed by atoms with van der Waals surface area (Å²) >= 11 is 5.93. The Morgan fingerprint density at radius 3 is 1.86 bits per heavy atom. The summed E-state index contributed by atoms with van der Waals surface area (Å²) in [5.74, 6) is 0. The molecule has 1 rings (SSSR count). The topological polar surface area (TPSA) is 47.9 Å². The van der Waals surface area contributed by atoms with Crippen molar-refractivity contribution >= 4 is 20.2 Å². The number of aryl methyl sites for hydroxylation is 1. The van der Waals surface area contributed by atoms with Crippen LogP contribution in [0.4, 0.5) is 0 Å². The molecule has 36 heavy (non-hydrogen) atoms. The molecule has 0 aliphatic heterocycles. The molecule has 6 heteroatoms. The lowest BCUT2D eigenvalue weighted by atomic mass is 10.0. The second-order valence-electron chi connectivity index (χ2n) is 9.54. The Balaban J connectivity index is 1.74. The van der Waals surface area contributed by atoms with Crippen molar-refractivity contribution in [3.05, 3.63) is 47.0 Å². The molecule has 4 nitrogen and oxygen atoms in total. The van der Waals surface area contributed by atoms with Crippen molar-refractivity contribution in [2.24, 2.45) is 0 Å². The van der Waals surface area contributed by atoms with Gasteiger partial charge in [0.25, 0.3) is 0 Å². The van der Waals surface area contributed by atoms with E-state index in [1.165, 1.54) is 89.0 Å². The molecule has 0 aromatic heterocycles. The van der Waals surface area contributed by atoms with Crippen LogP contribution in [0.15, 0.2) is 36.4 Å². The Morgan fingerprint density at radius 1 is 0.667 bits per heavy atom. The van der Waals surface area contributed by atoms with Crippen LogP contribution in [0.2, 0.25) is 5.02 Å². The molecule has 1 N–H and O–H groups in total. The zero-order valence-corrected chi connectivity index (χ0v) is 24.5. The normalized spacial score (nSPS) is 12.5. The van der Waals surface area contributed by atoms with Crippen LogP contribution in [0.1, 0.15) is 115 Å². The summed E-state index contributed by atoms with van der Waals surface area (Å²) in [5, 5.41) is 0.825. The van der Waals surface area contributed by atoms with Gasteiger partial charge in [-0.25, -0.2) is 0 Å². The summed E-state index contributed by atoms with van der Waals surface area (Å²) < 4.78 is 16.0. The van der Waals surface area contributed by atoms with Crippen LogP contribution in [-0.2, 0) is 20.2 Å². The van der Waals surface area contributed by atoms with Crippen molar-refractivity contribution in [1.82, 2.24) is 0 Å². The lowest BCUT2D eigenvalue weighted by Crippen LogP contribution is -2.04. The highest BCUT2D eigenvalue weighted by atomic mass is 35.5. The van der Waals surface area contributed by atoms with Gasteiger partial charge in [0.05, 0.1) is 19.8 Å². The second-order valence-corrected chi connectivity index (χ2v) is 11.0. The molecule has 208 valence electrons. The van der Waals surface area contributed by atoms with Crippen molar-refractivity contribution in [2.45, 2.75) is 116 Å². The quantitative estimate of drug-likeness (QED) is 0.0718. The first kappa shape index (κ1) is 33.5. The Hall–Kier alpha value is -0.480. The molecule has 0 heterocycles. The third-order valence-electron chi connectivity index (χ3n) is 6.20. The van der Waals surface area contributed by atoms with Crippen LogP contribution in [-0.4, -0.2) is 31.3 Å². The Bertz CT molecular complexity index is 611. The standard InChI is InChI=1S/C30H52ClO4P/c1-2-3-25-33-27-28-35-36(32)34-26-19-17-15-13-11-9-7-5-4-6-8-10-12-14-16-18-20-29-21-23-30(31)24-22-29/h4-5,21-24,32H,2-3,6-20,25-28H2,1H3/b5-4-. The van der Waals surface area contributed by atoms with E-state index in [9.17, 15) is 4.89 Å². The molecular weight excluding hydrogens is 491 g/mol. The SMILES string of the molecule is CCCCOCCOP(O)OCCCCCCCC/C=C\CCCCCCCCc1ccc(Cl)cc1. The first-order valence-electron chi connectivity index (χ1n) is 14.4. The van der Waals surface area contributed by atoms with Crippen LogP contribution in [0, 0.1) is 0 Å². The van der Waals surface area contributed by atoms with E-state index >= 15 is 0 Å². The summed E-state index contributed by atoms with van der Waals surface area (Å²) in [6.07, 6.45) is 25.8. The summed E-state index contributed by atoms with van der Waals surface area (Å²) in [6.45, 7) is 4.38. The monoisotopic (exact) mass is 542 g/mol. The number of ether oxygens (including phenoxy) is 1. The smallest absolute Gasteiger partial charge is 0.329 e. The number of rotatable bonds is 26. The number of halogens is 1. The molecule has 0 aliphatic rings. The number of hydrogen-bond acceptors (Lipinski definition) is 4. The van der Waals surface area contributed by atoms with Crippen LogP contribution >= 0.6 is 20.2 Å². The van der Waals surface area contributed by atoms with E-state index in [-0.39, 0.29) is 0 Å².